The van der Waals surface area contributed by atoms with Crippen molar-refractivity contribution in [3.05, 3.63) is 0 Å². The average molecular weight is 218 g/mol. The summed E-state index contributed by atoms with van der Waals surface area (Å²) in [5.41, 5.74) is 5.30. The summed E-state index contributed by atoms with van der Waals surface area (Å²) in [6.07, 6.45) is 0.401. The highest BCUT2D eigenvalue weighted by Gasteiger charge is 2.17. The topological polar surface area (TPSA) is 113 Å². The zero-order valence-corrected chi connectivity index (χ0v) is 8.77. The summed E-state index contributed by atoms with van der Waals surface area (Å²) in [4.78, 5) is 21.4. The molecule has 1 amide bonds. The van der Waals surface area contributed by atoms with Crippen LogP contribution in [0, 0.1) is 0 Å². The fourth-order valence-corrected chi connectivity index (χ4v) is 1.07. The van der Waals surface area contributed by atoms with E-state index in [1.54, 1.807) is 0 Å². The van der Waals surface area contributed by atoms with Crippen LogP contribution >= 0.6 is 0 Å². The van der Waals surface area contributed by atoms with Crippen molar-refractivity contribution in [2.45, 2.75) is 38.3 Å². The van der Waals surface area contributed by atoms with Crippen LogP contribution in [-0.2, 0) is 9.59 Å². The van der Waals surface area contributed by atoms with Crippen LogP contribution in [0.25, 0.3) is 0 Å². The highest BCUT2D eigenvalue weighted by atomic mass is 16.4. The van der Waals surface area contributed by atoms with Gasteiger partial charge in [-0.2, -0.15) is 0 Å². The minimum Gasteiger partial charge on any atom is -0.481 e. The van der Waals surface area contributed by atoms with Gasteiger partial charge in [0, 0.05) is 6.54 Å². The Morgan fingerprint density at radius 3 is 2.53 bits per heavy atom. The van der Waals surface area contributed by atoms with Crippen LogP contribution in [0.3, 0.4) is 0 Å². The fraction of sp³-hybridized carbons (Fsp3) is 0.778. The number of carbonyl (C=O) groups excluding carboxylic acids is 1. The molecule has 6 nitrogen and oxygen atoms in total. The molecule has 0 aromatic heterocycles. The molecule has 0 radical (unpaired) electrons. The Hall–Kier alpha value is -1.14. The van der Waals surface area contributed by atoms with Crippen molar-refractivity contribution in [2.75, 3.05) is 6.54 Å². The minimum atomic E-state index is -1.12. The number of aliphatic carboxylic acids is 1. The molecule has 0 saturated heterocycles. The maximum absolute atomic E-state index is 11.2. The van der Waals surface area contributed by atoms with E-state index in [9.17, 15) is 14.7 Å². The van der Waals surface area contributed by atoms with Gasteiger partial charge >= 0.3 is 5.97 Å². The van der Waals surface area contributed by atoms with Gasteiger partial charge in [-0.05, 0) is 6.42 Å². The molecule has 0 aliphatic heterocycles. The monoisotopic (exact) mass is 218 g/mol. The standard InChI is InChI=1S/C9H18N2O4/c1-2-3-6(12)5-11-9(15)7(10)4-8(13)14/h6-7,12H,2-5,10H2,1H3,(H,11,15)(H,13,14). The Morgan fingerprint density at radius 2 is 2.07 bits per heavy atom. The highest BCUT2D eigenvalue weighted by Crippen LogP contribution is 1.94. The number of carbonyl (C=O) groups is 2. The molecule has 0 aromatic rings. The van der Waals surface area contributed by atoms with Crippen LogP contribution in [-0.4, -0.2) is 40.8 Å². The fourth-order valence-electron chi connectivity index (χ4n) is 1.07. The van der Waals surface area contributed by atoms with Crippen molar-refractivity contribution in [1.82, 2.24) is 5.32 Å². The molecule has 0 fully saturated rings. The maximum atomic E-state index is 11.2. The van der Waals surface area contributed by atoms with Crippen LogP contribution < -0.4 is 11.1 Å². The third-order valence-electron chi connectivity index (χ3n) is 1.87. The largest absolute Gasteiger partial charge is 0.481 e. The molecule has 0 saturated carbocycles. The SMILES string of the molecule is CCCC(O)CNC(=O)C(N)CC(=O)O. The second-order valence-electron chi connectivity index (χ2n) is 3.39. The van der Waals surface area contributed by atoms with Crippen LogP contribution in [0.5, 0.6) is 0 Å². The zero-order chi connectivity index (χ0) is 11.8. The van der Waals surface area contributed by atoms with Gasteiger partial charge in [0.05, 0.1) is 18.6 Å². The molecular formula is C9H18N2O4. The summed E-state index contributed by atoms with van der Waals surface area (Å²) in [6, 6.07) is -1.06. The van der Waals surface area contributed by atoms with E-state index in [4.69, 9.17) is 10.8 Å². The lowest BCUT2D eigenvalue weighted by atomic mass is 10.2. The first-order chi connectivity index (χ1) is 6.97. The van der Waals surface area contributed by atoms with Crippen molar-refractivity contribution in [1.29, 1.82) is 0 Å². The van der Waals surface area contributed by atoms with Gasteiger partial charge in [0.15, 0.2) is 0 Å². The molecule has 15 heavy (non-hydrogen) atoms. The number of hydrogen-bond donors (Lipinski definition) is 4. The molecule has 2 atom stereocenters. The number of amides is 1. The molecule has 0 rings (SSSR count). The van der Waals surface area contributed by atoms with Gasteiger partial charge in [0.2, 0.25) is 5.91 Å². The summed E-state index contributed by atoms with van der Waals surface area (Å²) >= 11 is 0. The highest BCUT2D eigenvalue weighted by molar-refractivity contribution is 5.85. The Balaban J connectivity index is 3.77. The Kier molecular flexibility index (Phi) is 6.64. The molecule has 6 heteroatoms. The first-order valence-electron chi connectivity index (χ1n) is 4.90. The van der Waals surface area contributed by atoms with Gasteiger partial charge < -0.3 is 21.3 Å². The summed E-state index contributed by atoms with van der Waals surface area (Å²) in [7, 11) is 0. The van der Waals surface area contributed by atoms with E-state index in [2.05, 4.69) is 5.32 Å². The number of aliphatic hydroxyl groups is 1. The van der Waals surface area contributed by atoms with Crippen molar-refractivity contribution < 1.29 is 19.8 Å². The van der Waals surface area contributed by atoms with Gasteiger partial charge in [0.25, 0.3) is 0 Å². The average Bonchev–Trinajstić information content (AvgIpc) is 2.13. The van der Waals surface area contributed by atoms with Crippen molar-refractivity contribution in [3.8, 4) is 0 Å². The van der Waals surface area contributed by atoms with Crippen LogP contribution in [0.15, 0.2) is 0 Å². The maximum Gasteiger partial charge on any atom is 0.305 e. The minimum absolute atomic E-state index is 0.111. The summed E-state index contributed by atoms with van der Waals surface area (Å²) in [5.74, 6) is -1.67. The van der Waals surface area contributed by atoms with Crippen LogP contribution in [0.1, 0.15) is 26.2 Å². The van der Waals surface area contributed by atoms with E-state index in [1.165, 1.54) is 0 Å². The molecular weight excluding hydrogens is 200 g/mol. The first-order valence-corrected chi connectivity index (χ1v) is 4.90. The number of nitrogens with two attached hydrogens (primary N) is 1. The van der Waals surface area contributed by atoms with Gasteiger partial charge in [0.1, 0.15) is 0 Å². The van der Waals surface area contributed by atoms with E-state index >= 15 is 0 Å². The van der Waals surface area contributed by atoms with E-state index in [1.807, 2.05) is 6.92 Å². The molecule has 5 N–H and O–H groups in total. The number of carboxylic acids is 1. The molecule has 0 heterocycles. The van der Waals surface area contributed by atoms with Gasteiger partial charge in [-0.1, -0.05) is 13.3 Å². The van der Waals surface area contributed by atoms with Crippen LogP contribution in [0.4, 0.5) is 0 Å². The summed E-state index contributed by atoms with van der Waals surface area (Å²) in [6.45, 7) is 2.03. The molecule has 2 unspecified atom stereocenters. The Bertz CT molecular complexity index is 220. The number of rotatable bonds is 7. The number of nitrogens with one attached hydrogen (secondary N) is 1. The third kappa shape index (κ3) is 6.87. The van der Waals surface area contributed by atoms with Gasteiger partial charge in [-0.25, -0.2) is 0 Å². The zero-order valence-electron chi connectivity index (χ0n) is 8.77. The normalized spacial score (nSPS) is 14.3. The Morgan fingerprint density at radius 1 is 1.47 bits per heavy atom. The predicted molar refractivity (Wildman–Crippen MR) is 54.2 cm³/mol. The lowest BCUT2D eigenvalue weighted by Gasteiger charge is -2.13. The molecule has 88 valence electrons. The van der Waals surface area contributed by atoms with E-state index in [0.717, 1.165) is 6.42 Å². The molecule has 0 bridgehead atoms. The van der Waals surface area contributed by atoms with E-state index in [-0.39, 0.29) is 6.54 Å². The number of carboxylic acid groups (broad SMARTS) is 1. The van der Waals surface area contributed by atoms with E-state index in [0.29, 0.717) is 6.42 Å². The van der Waals surface area contributed by atoms with Crippen molar-refractivity contribution in [3.63, 3.8) is 0 Å². The lowest BCUT2D eigenvalue weighted by molar-refractivity contribution is -0.139. The third-order valence-corrected chi connectivity index (χ3v) is 1.87. The second-order valence-corrected chi connectivity index (χ2v) is 3.39. The Labute approximate surface area is 88.5 Å². The van der Waals surface area contributed by atoms with Crippen LogP contribution in [0.2, 0.25) is 0 Å². The summed E-state index contributed by atoms with van der Waals surface area (Å²) < 4.78 is 0. The number of aliphatic hydroxyl groups excluding tert-OH is 1. The smallest absolute Gasteiger partial charge is 0.305 e. The van der Waals surface area contributed by atoms with Crippen molar-refractivity contribution in [2.24, 2.45) is 5.73 Å². The van der Waals surface area contributed by atoms with Crippen molar-refractivity contribution >= 4 is 11.9 Å². The molecule has 0 aromatic carbocycles. The second kappa shape index (κ2) is 7.19. The summed E-state index contributed by atoms with van der Waals surface area (Å²) in [5, 5.41) is 20.1. The molecule has 0 spiro atoms. The predicted octanol–water partition coefficient (Wildman–Crippen LogP) is -0.934. The number of hydrogen-bond acceptors (Lipinski definition) is 4. The van der Waals surface area contributed by atoms with Gasteiger partial charge in [-0.3, -0.25) is 9.59 Å². The lowest BCUT2D eigenvalue weighted by Crippen LogP contribution is -2.44. The van der Waals surface area contributed by atoms with Gasteiger partial charge in [-0.15, -0.1) is 0 Å². The quantitative estimate of drug-likeness (QED) is 0.441. The molecule has 0 aliphatic rings. The van der Waals surface area contributed by atoms with E-state index < -0.39 is 30.4 Å². The first kappa shape index (κ1) is 13.9. The molecule has 0 aliphatic carbocycles.